The third kappa shape index (κ3) is 4.49. The van der Waals surface area contributed by atoms with E-state index in [1.54, 1.807) is 4.90 Å². The van der Waals surface area contributed by atoms with Crippen LogP contribution in [0.1, 0.15) is 19.3 Å². The SMILES string of the molecule is Cl.Cl.NC1CCC(C(=O)N2CCN(c3cc(F)ccc3F)CC2)C1. The van der Waals surface area contributed by atoms with Gasteiger partial charge in [0.05, 0.1) is 5.69 Å². The molecule has 1 saturated carbocycles. The molecular formula is C16H23Cl2F2N3O. The fourth-order valence-corrected chi connectivity index (χ4v) is 3.39. The zero-order chi connectivity index (χ0) is 15.7. The number of piperazine rings is 1. The fourth-order valence-electron chi connectivity index (χ4n) is 3.39. The first-order valence-corrected chi connectivity index (χ1v) is 7.79. The molecule has 2 N–H and O–H groups in total. The van der Waals surface area contributed by atoms with Crippen LogP contribution in [0, 0.1) is 17.6 Å². The molecule has 2 atom stereocenters. The van der Waals surface area contributed by atoms with Crippen molar-refractivity contribution in [2.24, 2.45) is 11.7 Å². The molecule has 1 heterocycles. The van der Waals surface area contributed by atoms with Crippen LogP contribution in [0.25, 0.3) is 0 Å². The minimum absolute atomic E-state index is 0. The molecule has 8 heteroatoms. The van der Waals surface area contributed by atoms with Crippen LogP contribution in [0.5, 0.6) is 0 Å². The molecule has 136 valence electrons. The first-order valence-electron chi connectivity index (χ1n) is 7.79. The van der Waals surface area contributed by atoms with E-state index >= 15 is 0 Å². The molecule has 4 nitrogen and oxygen atoms in total. The zero-order valence-corrected chi connectivity index (χ0v) is 14.9. The molecule has 24 heavy (non-hydrogen) atoms. The van der Waals surface area contributed by atoms with Crippen LogP contribution in [0.4, 0.5) is 14.5 Å². The van der Waals surface area contributed by atoms with Crippen molar-refractivity contribution in [1.82, 2.24) is 4.90 Å². The maximum absolute atomic E-state index is 13.8. The predicted molar refractivity (Wildman–Crippen MR) is 95.0 cm³/mol. The van der Waals surface area contributed by atoms with E-state index in [2.05, 4.69) is 0 Å². The zero-order valence-electron chi connectivity index (χ0n) is 13.3. The Morgan fingerprint density at radius 1 is 1.08 bits per heavy atom. The third-order valence-corrected chi connectivity index (χ3v) is 4.66. The average Bonchev–Trinajstić information content (AvgIpc) is 2.96. The van der Waals surface area contributed by atoms with Crippen LogP contribution >= 0.6 is 24.8 Å². The molecule has 2 aliphatic rings. The summed E-state index contributed by atoms with van der Waals surface area (Å²) >= 11 is 0. The summed E-state index contributed by atoms with van der Waals surface area (Å²) in [5.41, 5.74) is 6.14. The normalized spacial score (nSPS) is 23.5. The van der Waals surface area contributed by atoms with Gasteiger partial charge in [0, 0.05) is 44.2 Å². The Kier molecular flexibility index (Phi) is 7.70. The molecule has 1 aliphatic carbocycles. The molecular weight excluding hydrogens is 359 g/mol. The van der Waals surface area contributed by atoms with Gasteiger partial charge in [0.15, 0.2) is 0 Å². The first-order chi connectivity index (χ1) is 10.5. The van der Waals surface area contributed by atoms with Gasteiger partial charge in [-0.15, -0.1) is 24.8 Å². The van der Waals surface area contributed by atoms with E-state index in [9.17, 15) is 13.6 Å². The molecule has 1 amide bonds. The lowest BCUT2D eigenvalue weighted by Crippen LogP contribution is -2.50. The molecule has 0 radical (unpaired) electrons. The maximum atomic E-state index is 13.8. The molecule has 2 fully saturated rings. The molecule has 1 aliphatic heterocycles. The molecule has 0 spiro atoms. The van der Waals surface area contributed by atoms with Gasteiger partial charge in [-0.05, 0) is 31.4 Å². The quantitative estimate of drug-likeness (QED) is 0.856. The van der Waals surface area contributed by atoms with Crippen LogP contribution in [0.2, 0.25) is 0 Å². The Hall–Kier alpha value is -1.11. The van der Waals surface area contributed by atoms with Crippen LogP contribution in [0.3, 0.4) is 0 Å². The van der Waals surface area contributed by atoms with E-state index in [4.69, 9.17) is 5.73 Å². The van der Waals surface area contributed by atoms with Gasteiger partial charge in [-0.1, -0.05) is 0 Å². The molecule has 0 bridgehead atoms. The summed E-state index contributed by atoms with van der Waals surface area (Å²) in [7, 11) is 0. The van der Waals surface area contributed by atoms with Gasteiger partial charge >= 0.3 is 0 Å². The van der Waals surface area contributed by atoms with Crippen LogP contribution in [-0.2, 0) is 4.79 Å². The Balaban J connectivity index is 0.00000144. The number of carbonyl (C=O) groups excluding carboxylic acids is 1. The third-order valence-electron chi connectivity index (χ3n) is 4.66. The highest BCUT2D eigenvalue weighted by Gasteiger charge is 2.32. The number of nitrogens with zero attached hydrogens (tertiary/aromatic N) is 2. The van der Waals surface area contributed by atoms with Gasteiger partial charge in [0.1, 0.15) is 11.6 Å². The first kappa shape index (κ1) is 20.9. The van der Waals surface area contributed by atoms with Gasteiger partial charge in [-0.2, -0.15) is 0 Å². The van der Waals surface area contributed by atoms with Gasteiger partial charge in [0.25, 0.3) is 0 Å². The second-order valence-electron chi connectivity index (χ2n) is 6.18. The van der Waals surface area contributed by atoms with Crippen molar-refractivity contribution in [3.63, 3.8) is 0 Å². The van der Waals surface area contributed by atoms with Crippen molar-refractivity contribution in [2.45, 2.75) is 25.3 Å². The smallest absolute Gasteiger partial charge is 0.225 e. The molecule has 3 rings (SSSR count). The Bertz CT molecular complexity index is 568. The summed E-state index contributed by atoms with van der Waals surface area (Å²) in [5, 5.41) is 0. The second kappa shape index (κ2) is 8.83. The topological polar surface area (TPSA) is 49.6 Å². The number of nitrogens with two attached hydrogens (primary N) is 1. The van der Waals surface area contributed by atoms with Gasteiger partial charge in [-0.25, -0.2) is 8.78 Å². The Morgan fingerprint density at radius 2 is 1.75 bits per heavy atom. The molecule has 1 aromatic rings. The van der Waals surface area contributed by atoms with E-state index in [0.29, 0.717) is 26.2 Å². The molecule has 1 saturated heterocycles. The van der Waals surface area contributed by atoms with E-state index in [0.717, 1.165) is 31.4 Å². The van der Waals surface area contributed by atoms with Crippen molar-refractivity contribution in [3.05, 3.63) is 29.8 Å². The number of hydrogen-bond donors (Lipinski definition) is 1. The minimum atomic E-state index is -0.449. The van der Waals surface area contributed by atoms with E-state index in [-0.39, 0.29) is 48.4 Å². The molecule has 0 aromatic heterocycles. The summed E-state index contributed by atoms with van der Waals surface area (Å²) in [6, 6.07) is 3.60. The van der Waals surface area contributed by atoms with E-state index < -0.39 is 11.6 Å². The van der Waals surface area contributed by atoms with E-state index in [1.807, 2.05) is 4.90 Å². The molecule has 1 aromatic carbocycles. The van der Waals surface area contributed by atoms with Crippen LogP contribution in [0.15, 0.2) is 18.2 Å². The molecule has 2 unspecified atom stereocenters. The van der Waals surface area contributed by atoms with Gasteiger partial charge in [0.2, 0.25) is 5.91 Å². The average molecular weight is 382 g/mol. The monoisotopic (exact) mass is 381 g/mol. The highest BCUT2D eigenvalue weighted by molar-refractivity contribution is 5.85. The van der Waals surface area contributed by atoms with Crippen molar-refractivity contribution in [3.8, 4) is 0 Å². The lowest BCUT2D eigenvalue weighted by molar-refractivity contribution is -0.135. The van der Waals surface area contributed by atoms with Crippen molar-refractivity contribution in [2.75, 3.05) is 31.1 Å². The van der Waals surface area contributed by atoms with Gasteiger partial charge in [-0.3, -0.25) is 4.79 Å². The highest BCUT2D eigenvalue weighted by atomic mass is 35.5. The summed E-state index contributed by atoms with van der Waals surface area (Å²) < 4.78 is 27.1. The predicted octanol–water partition coefficient (Wildman–Crippen LogP) is 2.58. The van der Waals surface area contributed by atoms with Crippen molar-refractivity contribution >= 4 is 36.4 Å². The lowest BCUT2D eigenvalue weighted by atomic mass is 10.1. The summed E-state index contributed by atoms with van der Waals surface area (Å²) in [6.07, 6.45) is 2.53. The largest absolute Gasteiger partial charge is 0.366 e. The second-order valence-corrected chi connectivity index (χ2v) is 6.18. The summed E-state index contributed by atoms with van der Waals surface area (Å²) in [4.78, 5) is 16.1. The number of anilines is 1. The van der Waals surface area contributed by atoms with Gasteiger partial charge < -0.3 is 15.5 Å². The highest BCUT2D eigenvalue weighted by Crippen LogP contribution is 2.27. The standard InChI is InChI=1S/C16H21F2N3O.2ClH/c17-12-2-4-14(18)15(10-12)20-5-7-21(8-6-20)16(22)11-1-3-13(19)9-11;;/h2,4,10-11,13H,1,3,5-9,19H2;2*1H. The lowest BCUT2D eigenvalue weighted by Gasteiger charge is -2.37. The fraction of sp³-hybridized carbons (Fsp3) is 0.562. The Morgan fingerprint density at radius 3 is 2.33 bits per heavy atom. The maximum Gasteiger partial charge on any atom is 0.225 e. The summed E-state index contributed by atoms with van der Waals surface area (Å²) in [6.45, 7) is 2.12. The number of carbonyl (C=O) groups is 1. The Labute approximate surface area is 153 Å². The number of hydrogen-bond acceptors (Lipinski definition) is 3. The van der Waals surface area contributed by atoms with Crippen molar-refractivity contribution in [1.29, 1.82) is 0 Å². The number of halogens is 4. The van der Waals surface area contributed by atoms with Crippen LogP contribution in [-0.4, -0.2) is 43.0 Å². The number of rotatable bonds is 2. The number of benzene rings is 1. The minimum Gasteiger partial charge on any atom is -0.366 e. The number of amides is 1. The van der Waals surface area contributed by atoms with Crippen LogP contribution < -0.4 is 10.6 Å². The van der Waals surface area contributed by atoms with Crippen molar-refractivity contribution < 1.29 is 13.6 Å². The summed E-state index contributed by atoms with van der Waals surface area (Å²) in [5.74, 6) is -0.683. The van der Waals surface area contributed by atoms with E-state index in [1.165, 1.54) is 6.07 Å².